The lowest BCUT2D eigenvalue weighted by Gasteiger charge is -2.10. The van der Waals surface area contributed by atoms with Gasteiger partial charge in [0, 0.05) is 17.4 Å². The normalized spacial score (nSPS) is 11.0. The molecule has 0 aliphatic rings. The minimum absolute atomic E-state index is 0.287. The molecule has 4 rings (SSSR count). The fraction of sp³-hybridized carbons (Fsp3) is 0.174. The lowest BCUT2D eigenvalue weighted by molar-refractivity contribution is 0.0526. The standard InChI is InChI=1S/C23H20F2N4O2/c1-4-31-23(30)15-6-5-7-18(8-15)28-21-20-13(2)14(3)29(22(20)27-12-26-21)19-10-16(24)9-17(25)11-19/h5-12H,4H2,1-3H3,(H,26,27,28). The van der Waals surface area contributed by atoms with Gasteiger partial charge in [0.05, 0.1) is 23.2 Å². The Morgan fingerprint density at radius 1 is 1.10 bits per heavy atom. The van der Waals surface area contributed by atoms with Gasteiger partial charge < -0.3 is 10.1 Å². The SMILES string of the molecule is CCOC(=O)c1cccc(Nc2ncnc3c2c(C)c(C)n3-c2cc(F)cc(F)c2)c1. The molecule has 2 aromatic carbocycles. The molecule has 0 spiro atoms. The molecule has 0 radical (unpaired) electrons. The van der Waals surface area contributed by atoms with Gasteiger partial charge in [-0.1, -0.05) is 6.07 Å². The number of rotatable bonds is 5. The van der Waals surface area contributed by atoms with Crippen molar-refractivity contribution in [2.45, 2.75) is 20.8 Å². The zero-order chi connectivity index (χ0) is 22.1. The number of ether oxygens (including phenoxy) is 1. The largest absolute Gasteiger partial charge is 0.462 e. The Bertz CT molecular complexity index is 1280. The quantitative estimate of drug-likeness (QED) is 0.446. The average molecular weight is 422 g/mol. The van der Waals surface area contributed by atoms with Gasteiger partial charge in [0.2, 0.25) is 0 Å². The van der Waals surface area contributed by atoms with Crippen molar-refractivity contribution in [2.75, 3.05) is 11.9 Å². The zero-order valence-electron chi connectivity index (χ0n) is 17.2. The molecular weight excluding hydrogens is 402 g/mol. The van der Waals surface area contributed by atoms with E-state index >= 15 is 0 Å². The van der Waals surface area contributed by atoms with Gasteiger partial charge in [-0.3, -0.25) is 4.57 Å². The molecule has 0 saturated carbocycles. The number of nitrogens with zero attached hydrogens (tertiary/aromatic N) is 3. The summed E-state index contributed by atoms with van der Waals surface area (Å²) in [4.78, 5) is 20.8. The lowest BCUT2D eigenvalue weighted by atomic mass is 10.2. The molecule has 6 nitrogen and oxygen atoms in total. The van der Waals surface area contributed by atoms with Crippen LogP contribution in [0.3, 0.4) is 0 Å². The Morgan fingerprint density at radius 3 is 2.55 bits per heavy atom. The van der Waals surface area contributed by atoms with Crippen LogP contribution in [0.1, 0.15) is 28.5 Å². The second-order valence-corrected chi connectivity index (χ2v) is 7.02. The van der Waals surface area contributed by atoms with E-state index in [1.165, 1.54) is 18.5 Å². The third kappa shape index (κ3) is 3.84. The number of nitrogens with one attached hydrogen (secondary N) is 1. The van der Waals surface area contributed by atoms with Gasteiger partial charge in [0.15, 0.2) is 5.65 Å². The molecule has 0 amide bonds. The molecule has 2 heterocycles. The van der Waals surface area contributed by atoms with Crippen molar-refractivity contribution in [2.24, 2.45) is 0 Å². The fourth-order valence-corrected chi connectivity index (χ4v) is 3.55. The Morgan fingerprint density at radius 2 is 1.84 bits per heavy atom. The fourth-order valence-electron chi connectivity index (χ4n) is 3.55. The molecule has 31 heavy (non-hydrogen) atoms. The number of hydrogen-bond acceptors (Lipinski definition) is 5. The van der Waals surface area contributed by atoms with E-state index in [4.69, 9.17) is 4.74 Å². The van der Waals surface area contributed by atoms with Gasteiger partial charge in [0.1, 0.15) is 23.8 Å². The summed E-state index contributed by atoms with van der Waals surface area (Å²) in [6, 6.07) is 10.2. The molecule has 4 aromatic rings. The molecule has 0 aliphatic heterocycles. The van der Waals surface area contributed by atoms with Crippen LogP contribution in [0.15, 0.2) is 48.8 Å². The molecule has 0 aliphatic carbocycles. The summed E-state index contributed by atoms with van der Waals surface area (Å²) in [5, 5.41) is 3.93. The van der Waals surface area contributed by atoms with Crippen molar-refractivity contribution in [3.8, 4) is 5.69 Å². The van der Waals surface area contributed by atoms with E-state index in [1.54, 1.807) is 35.8 Å². The van der Waals surface area contributed by atoms with Gasteiger partial charge in [-0.2, -0.15) is 0 Å². The summed E-state index contributed by atoms with van der Waals surface area (Å²) in [6.45, 7) is 5.78. The number of benzene rings is 2. The first-order valence-electron chi connectivity index (χ1n) is 9.72. The van der Waals surface area contributed by atoms with E-state index in [1.807, 2.05) is 13.8 Å². The number of carbonyl (C=O) groups excluding carboxylic acids is 1. The predicted octanol–water partition coefficient (Wildman–Crippen LogP) is 5.24. The second kappa shape index (κ2) is 8.14. The minimum atomic E-state index is -0.669. The van der Waals surface area contributed by atoms with Crippen LogP contribution in [0.2, 0.25) is 0 Å². The van der Waals surface area contributed by atoms with E-state index in [2.05, 4.69) is 15.3 Å². The van der Waals surface area contributed by atoms with Crippen LogP contribution in [0.5, 0.6) is 0 Å². The van der Waals surface area contributed by atoms with Crippen molar-refractivity contribution in [3.63, 3.8) is 0 Å². The molecule has 0 bridgehead atoms. The zero-order valence-corrected chi connectivity index (χ0v) is 17.2. The van der Waals surface area contributed by atoms with Crippen LogP contribution in [-0.2, 0) is 4.74 Å². The topological polar surface area (TPSA) is 69.0 Å². The number of anilines is 2. The van der Waals surface area contributed by atoms with Crippen molar-refractivity contribution in [3.05, 3.63) is 77.2 Å². The van der Waals surface area contributed by atoms with Crippen LogP contribution in [-0.4, -0.2) is 27.1 Å². The van der Waals surface area contributed by atoms with Gasteiger partial charge >= 0.3 is 5.97 Å². The van der Waals surface area contributed by atoms with E-state index in [0.29, 0.717) is 33.8 Å². The number of hydrogen-bond donors (Lipinski definition) is 1. The summed E-state index contributed by atoms with van der Waals surface area (Å²) in [5.41, 5.74) is 3.55. The van der Waals surface area contributed by atoms with Crippen molar-refractivity contribution >= 4 is 28.5 Å². The van der Waals surface area contributed by atoms with Crippen LogP contribution >= 0.6 is 0 Å². The molecule has 0 atom stereocenters. The van der Waals surface area contributed by atoms with E-state index in [0.717, 1.165) is 17.3 Å². The predicted molar refractivity (Wildman–Crippen MR) is 114 cm³/mol. The average Bonchev–Trinajstić information content (AvgIpc) is 2.99. The summed E-state index contributed by atoms with van der Waals surface area (Å²) in [6.07, 6.45) is 1.38. The highest BCUT2D eigenvalue weighted by molar-refractivity contribution is 5.95. The van der Waals surface area contributed by atoms with Gasteiger partial charge in [0.25, 0.3) is 0 Å². The van der Waals surface area contributed by atoms with Gasteiger partial charge in [-0.05, 0) is 56.7 Å². The monoisotopic (exact) mass is 422 g/mol. The third-order valence-corrected chi connectivity index (χ3v) is 5.03. The summed E-state index contributed by atoms with van der Waals surface area (Å²) < 4.78 is 34.4. The van der Waals surface area contributed by atoms with Crippen molar-refractivity contribution in [1.82, 2.24) is 14.5 Å². The maximum atomic E-state index is 13.8. The number of carbonyl (C=O) groups is 1. The number of aromatic nitrogens is 3. The maximum absolute atomic E-state index is 13.8. The Kier molecular flexibility index (Phi) is 5.37. The minimum Gasteiger partial charge on any atom is -0.462 e. The molecule has 0 fully saturated rings. The van der Waals surface area contributed by atoms with Gasteiger partial charge in [-0.15, -0.1) is 0 Å². The van der Waals surface area contributed by atoms with Crippen LogP contribution < -0.4 is 5.32 Å². The smallest absolute Gasteiger partial charge is 0.338 e. The second-order valence-electron chi connectivity index (χ2n) is 7.02. The number of aryl methyl sites for hydroxylation is 1. The van der Waals surface area contributed by atoms with Crippen LogP contribution in [0.4, 0.5) is 20.3 Å². The third-order valence-electron chi connectivity index (χ3n) is 5.03. The highest BCUT2D eigenvalue weighted by Gasteiger charge is 2.19. The van der Waals surface area contributed by atoms with Crippen molar-refractivity contribution in [1.29, 1.82) is 0 Å². The number of fused-ring (bicyclic) bond motifs is 1. The number of esters is 1. The van der Waals surface area contributed by atoms with Crippen LogP contribution in [0.25, 0.3) is 16.7 Å². The summed E-state index contributed by atoms with van der Waals surface area (Å²) >= 11 is 0. The summed E-state index contributed by atoms with van der Waals surface area (Å²) in [5.74, 6) is -1.23. The van der Waals surface area contributed by atoms with E-state index < -0.39 is 17.6 Å². The van der Waals surface area contributed by atoms with E-state index in [9.17, 15) is 13.6 Å². The molecule has 2 aromatic heterocycles. The first kappa shape index (κ1) is 20.5. The maximum Gasteiger partial charge on any atom is 0.338 e. The molecule has 158 valence electrons. The molecule has 1 N–H and O–H groups in total. The van der Waals surface area contributed by atoms with Crippen molar-refractivity contribution < 1.29 is 18.3 Å². The highest BCUT2D eigenvalue weighted by atomic mass is 19.1. The molecule has 0 saturated heterocycles. The molecule has 0 unspecified atom stereocenters. The van der Waals surface area contributed by atoms with Gasteiger partial charge in [-0.25, -0.2) is 23.5 Å². The van der Waals surface area contributed by atoms with E-state index in [-0.39, 0.29) is 6.61 Å². The first-order valence-corrected chi connectivity index (χ1v) is 9.72. The molecule has 8 heteroatoms. The first-order chi connectivity index (χ1) is 14.9. The Labute approximate surface area is 177 Å². The Balaban J connectivity index is 1.81. The lowest BCUT2D eigenvalue weighted by Crippen LogP contribution is -2.05. The van der Waals surface area contributed by atoms with Crippen LogP contribution in [0, 0.1) is 25.5 Å². The highest BCUT2D eigenvalue weighted by Crippen LogP contribution is 2.33. The summed E-state index contributed by atoms with van der Waals surface area (Å²) in [7, 11) is 0. The molecular formula is C23H20F2N4O2. The number of halogens is 2. The Hall–Kier alpha value is -3.81.